The van der Waals surface area contributed by atoms with Gasteiger partial charge in [0.25, 0.3) is 0 Å². The predicted octanol–water partition coefficient (Wildman–Crippen LogP) is 2.97. The molecular formula is C19H25N3O7. The number of amides is 2. The van der Waals surface area contributed by atoms with Gasteiger partial charge in [-0.1, -0.05) is 0 Å². The molecule has 1 aliphatic heterocycles. The Hall–Kier alpha value is -3.30. The van der Waals surface area contributed by atoms with Crippen molar-refractivity contribution in [2.45, 2.75) is 46.8 Å². The summed E-state index contributed by atoms with van der Waals surface area (Å²) in [6.45, 7) is 8.85. The highest BCUT2D eigenvalue weighted by Gasteiger charge is 2.35. The lowest BCUT2D eigenvalue weighted by molar-refractivity contribution is -0.386. The Balaban J connectivity index is 2.65. The maximum Gasteiger partial charge on any atom is 0.338 e. The van der Waals surface area contributed by atoms with Crippen molar-refractivity contribution in [3.63, 3.8) is 0 Å². The van der Waals surface area contributed by atoms with E-state index in [1.54, 1.807) is 34.6 Å². The number of hydrogen-bond donors (Lipinski definition) is 2. The summed E-state index contributed by atoms with van der Waals surface area (Å²) in [7, 11) is 0. The molecular weight excluding hydrogens is 382 g/mol. The molecule has 0 aliphatic carbocycles. The quantitative estimate of drug-likeness (QED) is 0.385. The van der Waals surface area contributed by atoms with Crippen LogP contribution in [0.15, 0.2) is 23.4 Å². The van der Waals surface area contributed by atoms with E-state index in [1.807, 2.05) is 0 Å². The molecule has 0 spiro atoms. The number of carbonyl (C=O) groups excluding carboxylic acids is 2. The van der Waals surface area contributed by atoms with Crippen molar-refractivity contribution in [2.75, 3.05) is 13.2 Å². The number of allylic oxidation sites excluding steroid dienone is 1. The van der Waals surface area contributed by atoms with Crippen molar-refractivity contribution in [2.24, 2.45) is 0 Å². The number of urea groups is 1. The Morgan fingerprint density at radius 1 is 1.24 bits per heavy atom. The number of carbonyl (C=O) groups is 2. The summed E-state index contributed by atoms with van der Waals surface area (Å²) in [4.78, 5) is 35.7. The molecule has 2 rings (SSSR count). The lowest BCUT2D eigenvalue weighted by atomic mass is 9.94. The fourth-order valence-electron chi connectivity index (χ4n) is 2.95. The number of nitrogens with one attached hydrogen (secondary N) is 2. The number of nitro benzene ring substituents is 1. The van der Waals surface area contributed by atoms with Crippen molar-refractivity contribution in [3.8, 4) is 11.5 Å². The van der Waals surface area contributed by atoms with Gasteiger partial charge < -0.3 is 24.8 Å². The molecule has 1 aromatic rings. The van der Waals surface area contributed by atoms with E-state index >= 15 is 0 Å². The number of nitrogens with zero attached hydrogens (tertiary/aromatic N) is 1. The minimum absolute atomic E-state index is 0.00429. The first kappa shape index (κ1) is 22.0. The molecule has 0 saturated heterocycles. The van der Waals surface area contributed by atoms with Crippen LogP contribution in [-0.2, 0) is 9.53 Å². The summed E-state index contributed by atoms with van der Waals surface area (Å²) in [6, 6.07) is 1.29. The molecule has 1 aromatic carbocycles. The maximum atomic E-state index is 12.6. The molecule has 0 radical (unpaired) electrons. The van der Waals surface area contributed by atoms with Gasteiger partial charge in [-0.05, 0) is 46.2 Å². The van der Waals surface area contributed by atoms with Crippen LogP contribution < -0.4 is 20.1 Å². The van der Waals surface area contributed by atoms with Gasteiger partial charge in [0.1, 0.15) is 0 Å². The van der Waals surface area contributed by atoms with Gasteiger partial charge in [-0.25, -0.2) is 9.59 Å². The monoisotopic (exact) mass is 407 g/mol. The molecule has 2 N–H and O–H groups in total. The third-order valence-electron chi connectivity index (χ3n) is 4.01. The van der Waals surface area contributed by atoms with Crippen LogP contribution in [0.25, 0.3) is 0 Å². The molecule has 0 bridgehead atoms. The first-order chi connectivity index (χ1) is 13.7. The largest absolute Gasteiger partial charge is 0.490 e. The lowest BCUT2D eigenvalue weighted by Crippen LogP contribution is -2.45. The van der Waals surface area contributed by atoms with E-state index in [0.29, 0.717) is 11.3 Å². The number of rotatable bonds is 8. The van der Waals surface area contributed by atoms with Crippen LogP contribution in [0.2, 0.25) is 0 Å². The molecule has 1 unspecified atom stereocenters. The van der Waals surface area contributed by atoms with Crippen molar-refractivity contribution >= 4 is 17.7 Å². The van der Waals surface area contributed by atoms with Crippen LogP contribution in [-0.4, -0.2) is 36.2 Å². The minimum Gasteiger partial charge on any atom is -0.490 e. The highest BCUT2D eigenvalue weighted by atomic mass is 16.6. The van der Waals surface area contributed by atoms with Gasteiger partial charge in [0.05, 0.1) is 35.9 Å². The highest BCUT2D eigenvalue weighted by molar-refractivity contribution is 5.95. The molecule has 0 aromatic heterocycles. The molecule has 0 fully saturated rings. The zero-order chi connectivity index (χ0) is 21.7. The third-order valence-corrected chi connectivity index (χ3v) is 4.01. The van der Waals surface area contributed by atoms with Crippen LogP contribution in [0.5, 0.6) is 11.5 Å². The van der Waals surface area contributed by atoms with Gasteiger partial charge in [0.15, 0.2) is 5.75 Å². The maximum absolute atomic E-state index is 12.6. The van der Waals surface area contributed by atoms with Gasteiger partial charge >= 0.3 is 17.7 Å². The molecule has 2 amide bonds. The van der Waals surface area contributed by atoms with E-state index < -0.39 is 23.0 Å². The average molecular weight is 407 g/mol. The topological polar surface area (TPSA) is 129 Å². The van der Waals surface area contributed by atoms with Gasteiger partial charge in [-0.2, -0.15) is 0 Å². The molecule has 1 aliphatic rings. The van der Waals surface area contributed by atoms with Crippen LogP contribution in [0.4, 0.5) is 10.5 Å². The Morgan fingerprint density at radius 2 is 1.90 bits per heavy atom. The first-order valence-electron chi connectivity index (χ1n) is 9.26. The van der Waals surface area contributed by atoms with E-state index in [0.717, 1.165) is 0 Å². The Kier molecular flexibility index (Phi) is 7.03. The summed E-state index contributed by atoms with van der Waals surface area (Å²) in [5.74, 6) is -0.486. The second-order valence-corrected chi connectivity index (χ2v) is 6.51. The van der Waals surface area contributed by atoms with E-state index in [2.05, 4.69) is 10.6 Å². The lowest BCUT2D eigenvalue weighted by Gasteiger charge is -2.29. The Morgan fingerprint density at radius 3 is 2.45 bits per heavy atom. The van der Waals surface area contributed by atoms with E-state index in [1.165, 1.54) is 12.1 Å². The van der Waals surface area contributed by atoms with E-state index in [4.69, 9.17) is 14.2 Å². The minimum atomic E-state index is -0.955. The smallest absolute Gasteiger partial charge is 0.338 e. The molecule has 1 atom stereocenters. The Bertz CT molecular complexity index is 848. The second-order valence-electron chi connectivity index (χ2n) is 6.51. The highest BCUT2D eigenvalue weighted by Crippen LogP contribution is 2.42. The normalized spacial score (nSPS) is 16.2. The zero-order valence-corrected chi connectivity index (χ0v) is 17.0. The predicted molar refractivity (Wildman–Crippen MR) is 104 cm³/mol. The standard InChI is InChI=1S/C19H25N3O7/c1-6-27-14-9-12(8-13(22(25)26)17(14)28-7-2)16-15(18(23)29-10(3)4)11(5)20-19(24)21-16/h8-10,16H,6-7H2,1-5H3,(H2,20,21,24). The molecule has 0 saturated carbocycles. The van der Waals surface area contributed by atoms with Gasteiger partial charge in [0, 0.05) is 11.8 Å². The summed E-state index contributed by atoms with van der Waals surface area (Å²) >= 11 is 0. The van der Waals surface area contributed by atoms with Gasteiger partial charge in [-0.3, -0.25) is 10.1 Å². The number of esters is 1. The summed E-state index contributed by atoms with van der Waals surface area (Å²) < 4.78 is 16.2. The fourth-order valence-corrected chi connectivity index (χ4v) is 2.95. The van der Waals surface area contributed by atoms with Gasteiger partial charge in [0.2, 0.25) is 5.75 Å². The van der Waals surface area contributed by atoms with Crippen LogP contribution in [0.3, 0.4) is 0 Å². The van der Waals surface area contributed by atoms with Gasteiger partial charge in [-0.15, -0.1) is 0 Å². The summed E-state index contributed by atoms with van der Waals surface area (Å²) in [5, 5.41) is 16.8. The van der Waals surface area contributed by atoms with E-state index in [9.17, 15) is 19.7 Å². The fraction of sp³-hybridized carbons (Fsp3) is 0.474. The summed E-state index contributed by atoms with van der Waals surface area (Å²) in [6.07, 6.45) is -0.380. The third kappa shape index (κ3) is 4.95. The number of benzene rings is 1. The SMILES string of the molecule is CCOc1cc(C2NC(=O)NC(C)=C2C(=O)OC(C)C)cc([N+](=O)[O-])c1OCC. The molecule has 158 valence electrons. The van der Waals surface area contributed by atoms with Crippen LogP contribution in [0, 0.1) is 10.1 Å². The van der Waals surface area contributed by atoms with Crippen molar-refractivity contribution in [3.05, 3.63) is 39.1 Å². The first-order valence-corrected chi connectivity index (χ1v) is 9.26. The molecule has 1 heterocycles. The van der Waals surface area contributed by atoms with Crippen molar-refractivity contribution < 1.29 is 28.7 Å². The molecule has 10 nitrogen and oxygen atoms in total. The second kappa shape index (κ2) is 9.26. The van der Waals surface area contributed by atoms with E-state index in [-0.39, 0.29) is 42.1 Å². The van der Waals surface area contributed by atoms with Crippen molar-refractivity contribution in [1.29, 1.82) is 0 Å². The van der Waals surface area contributed by atoms with Crippen LogP contribution >= 0.6 is 0 Å². The summed E-state index contributed by atoms with van der Waals surface area (Å²) in [5.41, 5.74) is 0.432. The number of hydrogen-bond acceptors (Lipinski definition) is 7. The number of nitro groups is 1. The average Bonchev–Trinajstić information content (AvgIpc) is 2.61. The zero-order valence-electron chi connectivity index (χ0n) is 17.0. The molecule has 10 heteroatoms. The molecule has 29 heavy (non-hydrogen) atoms. The Labute approximate surface area is 168 Å². The number of ether oxygens (including phenoxy) is 3. The van der Waals surface area contributed by atoms with Crippen molar-refractivity contribution in [1.82, 2.24) is 10.6 Å². The van der Waals surface area contributed by atoms with Crippen LogP contribution in [0.1, 0.15) is 46.2 Å².